The minimum Gasteiger partial charge on any atom is -0.462 e. The Balaban J connectivity index is 1.84. The predicted molar refractivity (Wildman–Crippen MR) is 177 cm³/mol. The van der Waals surface area contributed by atoms with Crippen molar-refractivity contribution in [2.45, 2.75) is 118 Å². The molecule has 0 N–H and O–H groups in total. The molecular formula is C38H56O8. The highest BCUT2D eigenvalue weighted by molar-refractivity contribution is 5.88. The Morgan fingerprint density at radius 1 is 0.413 bits per heavy atom. The number of rotatable bonds is 20. The van der Waals surface area contributed by atoms with Gasteiger partial charge in [0.1, 0.15) is 0 Å². The third-order valence-electron chi connectivity index (χ3n) is 10.2. The zero-order chi connectivity index (χ0) is 34.2. The van der Waals surface area contributed by atoms with Crippen molar-refractivity contribution < 1.29 is 38.1 Å². The van der Waals surface area contributed by atoms with Crippen LogP contribution in [0, 0.1) is 21.7 Å². The zero-order valence-electron chi connectivity index (χ0n) is 28.8. The Morgan fingerprint density at radius 2 is 0.587 bits per heavy atom. The summed E-state index contributed by atoms with van der Waals surface area (Å²) in [6.07, 6.45) is 13.6. The van der Waals surface area contributed by atoms with Crippen molar-refractivity contribution >= 4 is 23.9 Å². The van der Waals surface area contributed by atoms with E-state index in [4.69, 9.17) is 18.9 Å². The first kappa shape index (κ1) is 37.3. The standard InChI is InChI=1S/C38H56O8/c1-27(2)31(39)43-17-9-13-35-21-36(14-10-18-44-32(40)28(3)4)24-37(22-35,15-11-19-45-33(41)29(5)6)26-38(23-35,25-36)16-12-20-46-34(42)30(7)8/h1,3,5,7,9-26H2,2,4,6,8H3. The molecule has 0 spiro atoms. The van der Waals surface area contributed by atoms with Crippen LogP contribution in [0.5, 0.6) is 0 Å². The number of carbonyl (C=O) groups is 4. The van der Waals surface area contributed by atoms with Crippen molar-refractivity contribution in [3.8, 4) is 0 Å². The van der Waals surface area contributed by atoms with Crippen molar-refractivity contribution in [1.29, 1.82) is 0 Å². The van der Waals surface area contributed by atoms with E-state index in [2.05, 4.69) is 26.3 Å². The van der Waals surface area contributed by atoms with Crippen LogP contribution in [0.15, 0.2) is 48.6 Å². The summed E-state index contributed by atoms with van der Waals surface area (Å²) in [5.41, 5.74) is 1.95. The fourth-order valence-corrected chi connectivity index (χ4v) is 9.52. The van der Waals surface area contributed by atoms with E-state index in [1.165, 1.54) is 0 Å². The molecule has 4 fully saturated rings. The lowest BCUT2D eigenvalue weighted by Crippen LogP contribution is -2.61. The first-order valence-corrected chi connectivity index (χ1v) is 16.9. The van der Waals surface area contributed by atoms with E-state index in [1.807, 2.05) is 0 Å². The van der Waals surface area contributed by atoms with Gasteiger partial charge in [0.15, 0.2) is 0 Å². The Kier molecular flexibility index (Phi) is 12.7. The smallest absolute Gasteiger partial charge is 0.333 e. The molecule has 256 valence electrons. The molecule has 4 saturated carbocycles. The summed E-state index contributed by atoms with van der Waals surface area (Å²) in [6.45, 7) is 22.9. The van der Waals surface area contributed by atoms with Gasteiger partial charge in [-0.2, -0.15) is 0 Å². The van der Waals surface area contributed by atoms with E-state index in [1.54, 1.807) is 27.7 Å². The Labute approximate surface area is 276 Å². The molecule has 0 aromatic carbocycles. The van der Waals surface area contributed by atoms with Gasteiger partial charge in [0.25, 0.3) is 0 Å². The molecule has 0 saturated heterocycles. The summed E-state index contributed by atoms with van der Waals surface area (Å²) >= 11 is 0. The second kappa shape index (κ2) is 15.6. The highest BCUT2D eigenvalue weighted by Gasteiger charge is 2.66. The van der Waals surface area contributed by atoms with Gasteiger partial charge in [0, 0.05) is 22.3 Å². The highest BCUT2D eigenvalue weighted by atomic mass is 16.5. The van der Waals surface area contributed by atoms with Gasteiger partial charge in [-0.05, 0) is 139 Å². The SMILES string of the molecule is C=C(C)C(=O)OCCCC12CC3(CCCOC(=O)C(=C)C)CC(CCCOC(=O)C(=C)C)(C1)CC(CCCOC(=O)C(=C)C)(C2)C3. The maximum absolute atomic E-state index is 12.1. The van der Waals surface area contributed by atoms with Gasteiger partial charge in [-0.3, -0.25) is 0 Å². The molecule has 8 heteroatoms. The average molecular weight is 641 g/mol. The molecular weight excluding hydrogens is 584 g/mol. The topological polar surface area (TPSA) is 105 Å². The summed E-state index contributed by atoms with van der Waals surface area (Å²) in [7, 11) is 0. The predicted octanol–water partition coefficient (Wildman–Crippen LogP) is 7.91. The van der Waals surface area contributed by atoms with E-state index < -0.39 is 0 Å². The van der Waals surface area contributed by atoms with E-state index in [-0.39, 0.29) is 45.5 Å². The molecule has 4 aliphatic carbocycles. The molecule has 0 unspecified atom stereocenters. The molecule has 46 heavy (non-hydrogen) atoms. The van der Waals surface area contributed by atoms with Gasteiger partial charge in [-0.1, -0.05) is 26.3 Å². The third-order valence-corrected chi connectivity index (χ3v) is 10.2. The normalized spacial score (nSPS) is 27.4. The van der Waals surface area contributed by atoms with Crippen LogP contribution in [0.2, 0.25) is 0 Å². The number of hydrogen-bond acceptors (Lipinski definition) is 8. The summed E-state index contributed by atoms with van der Waals surface area (Å²) in [4.78, 5) is 48.3. The number of carbonyl (C=O) groups excluding carboxylic acids is 4. The molecule has 0 amide bonds. The first-order chi connectivity index (χ1) is 21.6. The van der Waals surface area contributed by atoms with Gasteiger partial charge in [-0.25, -0.2) is 19.2 Å². The lowest BCUT2D eigenvalue weighted by Gasteiger charge is -2.72. The van der Waals surface area contributed by atoms with Crippen molar-refractivity contribution in [2.24, 2.45) is 21.7 Å². The lowest BCUT2D eigenvalue weighted by atomic mass is 9.33. The van der Waals surface area contributed by atoms with E-state index in [0.717, 1.165) is 89.9 Å². The molecule has 0 radical (unpaired) electrons. The van der Waals surface area contributed by atoms with Crippen molar-refractivity contribution in [2.75, 3.05) is 26.4 Å². The number of esters is 4. The van der Waals surface area contributed by atoms with Crippen LogP contribution in [0.1, 0.15) is 118 Å². The second-order valence-corrected chi connectivity index (χ2v) is 15.1. The van der Waals surface area contributed by atoms with Crippen molar-refractivity contribution in [3.05, 3.63) is 48.6 Å². The Hall–Kier alpha value is -3.16. The quantitative estimate of drug-likeness (QED) is 0.0572. The van der Waals surface area contributed by atoms with Crippen molar-refractivity contribution in [3.63, 3.8) is 0 Å². The Morgan fingerprint density at radius 3 is 0.739 bits per heavy atom. The van der Waals surface area contributed by atoms with Gasteiger partial charge >= 0.3 is 23.9 Å². The van der Waals surface area contributed by atoms with Crippen LogP contribution in [0.3, 0.4) is 0 Å². The summed E-state index contributed by atoms with van der Waals surface area (Å²) in [5, 5.41) is 0. The molecule has 8 nitrogen and oxygen atoms in total. The monoisotopic (exact) mass is 640 g/mol. The minimum atomic E-state index is -0.354. The van der Waals surface area contributed by atoms with E-state index >= 15 is 0 Å². The third kappa shape index (κ3) is 9.92. The minimum absolute atomic E-state index is 0.0848. The van der Waals surface area contributed by atoms with Crippen LogP contribution in [-0.4, -0.2) is 50.3 Å². The van der Waals surface area contributed by atoms with Gasteiger partial charge in [-0.15, -0.1) is 0 Å². The summed E-state index contributed by atoms with van der Waals surface area (Å²) in [6, 6.07) is 0. The largest absolute Gasteiger partial charge is 0.462 e. The molecule has 0 aromatic rings. The van der Waals surface area contributed by atoms with Gasteiger partial charge < -0.3 is 18.9 Å². The Bertz CT molecular complexity index is 1000. The van der Waals surface area contributed by atoms with Crippen molar-refractivity contribution in [1.82, 2.24) is 0 Å². The highest BCUT2D eigenvalue weighted by Crippen LogP contribution is 2.77. The maximum Gasteiger partial charge on any atom is 0.333 e. The molecule has 4 bridgehead atoms. The number of hydrogen-bond donors (Lipinski definition) is 0. The maximum atomic E-state index is 12.1. The number of ether oxygens (including phenoxy) is 4. The fourth-order valence-electron chi connectivity index (χ4n) is 9.52. The molecule has 4 rings (SSSR count). The van der Waals surface area contributed by atoms with E-state index in [0.29, 0.717) is 48.7 Å². The summed E-state index contributed by atoms with van der Waals surface area (Å²) in [5.74, 6) is -1.42. The van der Waals surface area contributed by atoms with Gasteiger partial charge in [0.05, 0.1) is 26.4 Å². The lowest BCUT2D eigenvalue weighted by molar-refractivity contribution is -0.214. The zero-order valence-corrected chi connectivity index (χ0v) is 28.8. The molecule has 4 aliphatic rings. The van der Waals surface area contributed by atoms with Crippen LogP contribution in [-0.2, 0) is 38.1 Å². The van der Waals surface area contributed by atoms with Crippen LogP contribution < -0.4 is 0 Å². The van der Waals surface area contributed by atoms with E-state index in [9.17, 15) is 19.2 Å². The van der Waals surface area contributed by atoms with Gasteiger partial charge in [0.2, 0.25) is 0 Å². The molecule has 0 atom stereocenters. The van der Waals surface area contributed by atoms with Crippen LogP contribution in [0.4, 0.5) is 0 Å². The molecule has 0 aliphatic heterocycles. The first-order valence-electron chi connectivity index (χ1n) is 16.9. The summed E-state index contributed by atoms with van der Waals surface area (Å²) < 4.78 is 22.0. The molecule has 0 heterocycles. The fraction of sp³-hybridized carbons (Fsp3) is 0.684. The molecule has 0 aromatic heterocycles. The second-order valence-electron chi connectivity index (χ2n) is 15.1. The van der Waals surface area contributed by atoms with Crippen LogP contribution >= 0.6 is 0 Å². The van der Waals surface area contributed by atoms with Crippen LogP contribution in [0.25, 0.3) is 0 Å². The average Bonchev–Trinajstić information content (AvgIpc) is 2.96.